The number of nitrogens with one attached hydrogen (secondary N) is 1. The molecule has 3 amide bonds. The Bertz CT molecular complexity index is 1120. The second kappa shape index (κ2) is 7.05. The van der Waals surface area contributed by atoms with Gasteiger partial charge < -0.3 is 16.0 Å². The largest absolute Gasteiger partial charge is 0.364 e. The number of rotatable bonds is 5. The van der Waals surface area contributed by atoms with Gasteiger partial charge in [-0.2, -0.15) is 5.10 Å². The summed E-state index contributed by atoms with van der Waals surface area (Å²) >= 11 is 0. The van der Waals surface area contributed by atoms with E-state index in [0.717, 1.165) is 25.7 Å². The molecule has 8 nitrogen and oxygen atoms in total. The van der Waals surface area contributed by atoms with Crippen LogP contribution in [-0.2, 0) is 16.1 Å². The molecule has 0 radical (unpaired) electrons. The zero-order valence-electron chi connectivity index (χ0n) is 18.1. The molecule has 0 bridgehead atoms. The van der Waals surface area contributed by atoms with Gasteiger partial charge in [0.25, 0.3) is 5.91 Å². The average Bonchev–Trinajstić information content (AvgIpc) is 3.64. The number of piperidine rings is 1. The molecule has 1 spiro atoms. The number of amides is 3. The van der Waals surface area contributed by atoms with E-state index in [1.807, 2.05) is 18.2 Å². The third-order valence-electron chi connectivity index (χ3n) is 8.11. The van der Waals surface area contributed by atoms with Gasteiger partial charge in [0.15, 0.2) is 5.69 Å². The number of hydrogen-bond donors (Lipinski definition) is 2. The minimum Gasteiger partial charge on any atom is -0.364 e. The minimum absolute atomic E-state index is 0.00333. The lowest BCUT2D eigenvalue weighted by atomic mass is 9.83. The molecule has 4 fully saturated rings. The molecule has 32 heavy (non-hydrogen) atoms. The maximum atomic E-state index is 13.4. The van der Waals surface area contributed by atoms with Crippen molar-refractivity contribution in [2.24, 2.45) is 17.1 Å². The highest BCUT2D eigenvalue weighted by atomic mass is 16.2. The second-order valence-corrected chi connectivity index (χ2v) is 10.3. The number of hydrogen-bond acceptors (Lipinski definition) is 4. The standard InChI is InChI=1S/C24H29N5O3/c25-22(31)21-16-5-1-2-6-17(16)28(27-21)13-20(30)29-18-10-14(18)11-19(29)23(32)26-15-4-3-7-24(12-15)8-9-24/h1-2,5-6,14-15,18-19H,3-4,7-13H2,(H2,25,31)(H,26,32)/t14-,15?,18-,19+/m1/s1. The Balaban J connectivity index is 1.19. The highest BCUT2D eigenvalue weighted by molar-refractivity contribution is 6.04. The Morgan fingerprint density at radius 3 is 2.75 bits per heavy atom. The summed E-state index contributed by atoms with van der Waals surface area (Å²) in [5.74, 6) is -0.321. The molecule has 1 aliphatic heterocycles. The highest BCUT2D eigenvalue weighted by Gasteiger charge is 2.56. The molecule has 1 aromatic carbocycles. The predicted molar refractivity (Wildman–Crippen MR) is 117 cm³/mol. The Morgan fingerprint density at radius 2 is 1.97 bits per heavy atom. The van der Waals surface area contributed by atoms with E-state index in [4.69, 9.17) is 5.73 Å². The minimum atomic E-state index is -0.617. The smallest absolute Gasteiger partial charge is 0.269 e. The molecular formula is C24H29N5O3. The van der Waals surface area contributed by atoms with Crippen LogP contribution in [0.15, 0.2) is 24.3 Å². The zero-order chi connectivity index (χ0) is 22.0. The van der Waals surface area contributed by atoms with Crippen LogP contribution in [0.2, 0.25) is 0 Å². The summed E-state index contributed by atoms with van der Waals surface area (Å²) in [7, 11) is 0. The van der Waals surface area contributed by atoms with Gasteiger partial charge in [-0.25, -0.2) is 0 Å². The highest BCUT2D eigenvalue weighted by Crippen LogP contribution is 2.56. The third-order valence-corrected chi connectivity index (χ3v) is 8.11. The number of likely N-dealkylation sites (tertiary alicyclic amines) is 1. The van der Waals surface area contributed by atoms with E-state index < -0.39 is 11.9 Å². The van der Waals surface area contributed by atoms with Crippen molar-refractivity contribution >= 4 is 28.6 Å². The van der Waals surface area contributed by atoms with Gasteiger partial charge in [-0.1, -0.05) is 24.6 Å². The molecule has 3 N–H and O–H groups in total. The molecule has 2 aromatic rings. The van der Waals surface area contributed by atoms with Crippen molar-refractivity contribution in [1.29, 1.82) is 0 Å². The predicted octanol–water partition coefficient (Wildman–Crippen LogP) is 1.96. The number of carbonyl (C=O) groups excluding carboxylic acids is 3. The molecule has 1 aromatic heterocycles. The van der Waals surface area contributed by atoms with Gasteiger partial charge >= 0.3 is 0 Å². The molecule has 6 rings (SSSR count). The molecule has 1 saturated heterocycles. The first-order valence-electron chi connectivity index (χ1n) is 11.8. The molecule has 4 atom stereocenters. The third kappa shape index (κ3) is 3.27. The van der Waals surface area contributed by atoms with Crippen LogP contribution in [0.3, 0.4) is 0 Å². The van der Waals surface area contributed by atoms with Crippen molar-refractivity contribution < 1.29 is 14.4 Å². The van der Waals surface area contributed by atoms with E-state index in [-0.39, 0.29) is 36.1 Å². The van der Waals surface area contributed by atoms with Crippen LogP contribution in [-0.4, -0.2) is 50.5 Å². The van der Waals surface area contributed by atoms with E-state index in [1.165, 1.54) is 25.7 Å². The van der Waals surface area contributed by atoms with Crippen molar-refractivity contribution in [3.63, 3.8) is 0 Å². The fraction of sp³-hybridized carbons (Fsp3) is 0.583. The summed E-state index contributed by atoms with van der Waals surface area (Å²) in [6, 6.07) is 7.25. The van der Waals surface area contributed by atoms with Crippen molar-refractivity contribution in [2.75, 3.05) is 0 Å². The summed E-state index contributed by atoms with van der Waals surface area (Å²) in [5, 5.41) is 8.24. The molecule has 2 heterocycles. The monoisotopic (exact) mass is 435 g/mol. The summed E-state index contributed by atoms with van der Waals surface area (Å²) in [4.78, 5) is 40.2. The number of fused-ring (bicyclic) bond motifs is 2. The van der Waals surface area contributed by atoms with Gasteiger partial charge in [-0.3, -0.25) is 19.1 Å². The lowest BCUT2D eigenvalue weighted by molar-refractivity contribution is -0.140. The maximum absolute atomic E-state index is 13.4. The summed E-state index contributed by atoms with van der Waals surface area (Å²) in [6.07, 6.45) is 8.89. The van der Waals surface area contributed by atoms with E-state index in [1.54, 1.807) is 15.6 Å². The fourth-order valence-corrected chi connectivity index (χ4v) is 6.19. The number of primary amides is 1. The van der Waals surface area contributed by atoms with E-state index >= 15 is 0 Å². The molecule has 3 saturated carbocycles. The normalized spacial score (nSPS) is 29.7. The van der Waals surface area contributed by atoms with Crippen LogP contribution in [0, 0.1) is 11.3 Å². The SMILES string of the molecule is NC(=O)c1nn(CC(=O)N2[C@@H]3C[C@@H]3C[C@H]2C(=O)NC2CCCC3(CC3)C2)c2ccccc12. The first kappa shape index (κ1) is 19.8. The van der Waals surface area contributed by atoms with E-state index in [2.05, 4.69) is 10.4 Å². The number of para-hydroxylation sites is 1. The van der Waals surface area contributed by atoms with Gasteiger partial charge in [-0.15, -0.1) is 0 Å². The molecule has 168 valence electrons. The number of aromatic nitrogens is 2. The second-order valence-electron chi connectivity index (χ2n) is 10.3. The van der Waals surface area contributed by atoms with Crippen LogP contribution in [0.4, 0.5) is 0 Å². The van der Waals surface area contributed by atoms with E-state index in [0.29, 0.717) is 22.2 Å². The quantitative estimate of drug-likeness (QED) is 0.748. The van der Waals surface area contributed by atoms with Gasteiger partial charge in [0.05, 0.1) is 5.52 Å². The number of nitrogens with zero attached hydrogens (tertiary/aromatic N) is 3. The lowest BCUT2D eigenvalue weighted by Crippen LogP contribution is -2.51. The lowest BCUT2D eigenvalue weighted by Gasteiger charge is -2.33. The van der Waals surface area contributed by atoms with Crippen LogP contribution in [0.1, 0.15) is 61.9 Å². The van der Waals surface area contributed by atoms with Crippen LogP contribution in [0.5, 0.6) is 0 Å². The average molecular weight is 436 g/mol. The summed E-state index contributed by atoms with van der Waals surface area (Å²) in [6.45, 7) is -0.00661. The number of nitrogens with two attached hydrogens (primary N) is 1. The summed E-state index contributed by atoms with van der Waals surface area (Å²) in [5.41, 5.74) is 6.83. The molecule has 4 aliphatic rings. The van der Waals surface area contributed by atoms with Crippen molar-refractivity contribution in [1.82, 2.24) is 20.0 Å². The Morgan fingerprint density at radius 1 is 1.16 bits per heavy atom. The Hall–Kier alpha value is -2.90. The zero-order valence-corrected chi connectivity index (χ0v) is 18.1. The van der Waals surface area contributed by atoms with Gasteiger partial charge in [0.2, 0.25) is 11.8 Å². The van der Waals surface area contributed by atoms with Gasteiger partial charge in [0, 0.05) is 17.5 Å². The molecule has 8 heteroatoms. The van der Waals surface area contributed by atoms with Crippen molar-refractivity contribution in [2.45, 2.75) is 76.0 Å². The van der Waals surface area contributed by atoms with Gasteiger partial charge in [0.1, 0.15) is 12.6 Å². The van der Waals surface area contributed by atoms with Crippen molar-refractivity contribution in [3.05, 3.63) is 30.0 Å². The first-order chi connectivity index (χ1) is 15.4. The number of carbonyl (C=O) groups is 3. The fourth-order valence-electron chi connectivity index (χ4n) is 6.19. The van der Waals surface area contributed by atoms with Crippen LogP contribution < -0.4 is 11.1 Å². The Kier molecular flexibility index (Phi) is 4.35. The van der Waals surface area contributed by atoms with Crippen LogP contribution >= 0.6 is 0 Å². The van der Waals surface area contributed by atoms with Gasteiger partial charge in [-0.05, 0) is 62.3 Å². The summed E-state index contributed by atoms with van der Waals surface area (Å²) < 4.78 is 1.54. The molecule has 3 aliphatic carbocycles. The maximum Gasteiger partial charge on any atom is 0.269 e. The molecular weight excluding hydrogens is 406 g/mol. The topological polar surface area (TPSA) is 110 Å². The Labute approximate surface area is 186 Å². The molecule has 1 unspecified atom stereocenters. The van der Waals surface area contributed by atoms with Crippen LogP contribution in [0.25, 0.3) is 10.9 Å². The van der Waals surface area contributed by atoms with Crippen molar-refractivity contribution in [3.8, 4) is 0 Å². The van der Waals surface area contributed by atoms with E-state index in [9.17, 15) is 14.4 Å². The first-order valence-corrected chi connectivity index (χ1v) is 11.8. The number of benzene rings is 1.